The third kappa shape index (κ3) is 3.76. The number of nitrogens with one attached hydrogen (secondary N) is 1. The number of nitrogens with zero attached hydrogens (tertiary/aromatic N) is 2. The van der Waals surface area contributed by atoms with Crippen molar-refractivity contribution < 1.29 is 9.59 Å². The zero-order chi connectivity index (χ0) is 21.5. The summed E-state index contributed by atoms with van der Waals surface area (Å²) in [5.74, 6) is -0.274. The van der Waals surface area contributed by atoms with Crippen LogP contribution >= 0.6 is 23.2 Å². The minimum Gasteiger partial charge on any atom is -0.319 e. The molecule has 1 fully saturated rings. The van der Waals surface area contributed by atoms with Crippen molar-refractivity contribution in [2.24, 2.45) is 0 Å². The molecule has 4 rings (SSSR count). The molecule has 3 amide bonds. The number of fused-ring (bicyclic) bond motifs is 1. The quantitative estimate of drug-likeness (QED) is 0.566. The third-order valence-electron chi connectivity index (χ3n) is 5.42. The number of urea groups is 1. The van der Waals surface area contributed by atoms with E-state index in [4.69, 9.17) is 23.2 Å². The van der Waals surface area contributed by atoms with Crippen LogP contribution in [0.25, 0.3) is 10.8 Å². The van der Waals surface area contributed by atoms with Gasteiger partial charge in [0.15, 0.2) is 0 Å². The molecule has 1 N–H and O–H groups in total. The zero-order valence-corrected chi connectivity index (χ0v) is 18.2. The van der Waals surface area contributed by atoms with E-state index >= 15 is 0 Å². The van der Waals surface area contributed by atoms with Crippen LogP contribution in [0.5, 0.6) is 0 Å². The molecule has 0 aliphatic carbocycles. The van der Waals surface area contributed by atoms with Gasteiger partial charge in [-0.05, 0) is 54.1 Å². The first kappa shape index (κ1) is 20.7. The summed E-state index contributed by atoms with van der Waals surface area (Å²) in [5.41, 5.74) is 0.594. The number of hydrogen-bond acceptors (Lipinski definition) is 3. The molecule has 0 aromatic heterocycles. The van der Waals surface area contributed by atoms with E-state index in [1.807, 2.05) is 60.5 Å². The maximum absolute atomic E-state index is 13.2. The lowest BCUT2D eigenvalue weighted by molar-refractivity contribution is -0.132. The average molecular weight is 442 g/mol. The van der Waals surface area contributed by atoms with Crippen molar-refractivity contribution in [3.63, 3.8) is 0 Å². The highest BCUT2D eigenvalue weighted by atomic mass is 35.5. The molecule has 1 unspecified atom stereocenters. The third-order valence-corrected chi connectivity index (χ3v) is 6.16. The molecule has 154 valence electrons. The number of carbonyl (C=O) groups excluding carboxylic acids is 2. The number of amides is 3. The highest BCUT2D eigenvalue weighted by Crippen LogP contribution is 2.31. The molecule has 5 nitrogen and oxygen atoms in total. The van der Waals surface area contributed by atoms with E-state index in [-0.39, 0.29) is 12.6 Å². The lowest BCUT2D eigenvalue weighted by atomic mass is 9.90. The van der Waals surface area contributed by atoms with Crippen LogP contribution in [0.2, 0.25) is 10.0 Å². The van der Waals surface area contributed by atoms with Crippen LogP contribution < -0.4 is 5.32 Å². The Kier molecular flexibility index (Phi) is 5.45. The molecule has 0 spiro atoms. The van der Waals surface area contributed by atoms with E-state index in [0.717, 1.165) is 21.9 Å². The standard InChI is InChI=1S/C23H21Cl2N3O2/c1-23(18-9-8-16-5-3-4-6-17(16)12-18)21(29)28(22(30)26-23)14-27(2)13-15-7-10-19(24)20(25)11-15/h3-12H,13-14H2,1-2H3,(H,26,30). The van der Waals surface area contributed by atoms with Crippen molar-refractivity contribution in [1.82, 2.24) is 15.1 Å². The second kappa shape index (κ2) is 7.91. The van der Waals surface area contributed by atoms with Gasteiger partial charge in [-0.2, -0.15) is 0 Å². The van der Waals surface area contributed by atoms with Gasteiger partial charge in [0.25, 0.3) is 5.91 Å². The van der Waals surface area contributed by atoms with Gasteiger partial charge < -0.3 is 5.32 Å². The van der Waals surface area contributed by atoms with Gasteiger partial charge in [0.2, 0.25) is 0 Å². The van der Waals surface area contributed by atoms with Crippen molar-refractivity contribution in [2.75, 3.05) is 13.7 Å². The second-order valence-corrected chi connectivity index (χ2v) is 8.57. The summed E-state index contributed by atoms with van der Waals surface area (Å²) in [6.07, 6.45) is 0. The van der Waals surface area contributed by atoms with E-state index in [1.54, 1.807) is 19.1 Å². The van der Waals surface area contributed by atoms with Gasteiger partial charge in [0.05, 0.1) is 16.7 Å². The topological polar surface area (TPSA) is 52.6 Å². The van der Waals surface area contributed by atoms with Crippen LogP contribution in [0.4, 0.5) is 4.79 Å². The van der Waals surface area contributed by atoms with Gasteiger partial charge in [-0.25, -0.2) is 9.69 Å². The molecule has 3 aromatic carbocycles. The first-order valence-corrected chi connectivity index (χ1v) is 10.3. The van der Waals surface area contributed by atoms with Crippen LogP contribution in [0, 0.1) is 0 Å². The monoisotopic (exact) mass is 441 g/mol. The van der Waals surface area contributed by atoms with Gasteiger partial charge >= 0.3 is 6.03 Å². The number of carbonyl (C=O) groups is 2. The smallest absolute Gasteiger partial charge is 0.319 e. The molecule has 7 heteroatoms. The van der Waals surface area contributed by atoms with Crippen molar-refractivity contribution in [3.05, 3.63) is 81.8 Å². The predicted octanol–water partition coefficient (Wildman–Crippen LogP) is 5.00. The minimum atomic E-state index is -1.11. The van der Waals surface area contributed by atoms with Crippen LogP contribution in [-0.4, -0.2) is 35.5 Å². The number of benzene rings is 3. The van der Waals surface area contributed by atoms with Gasteiger partial charge in [0, 0.05) is 6.54 Å². The summed E-state index contributed by atoms with van der Waals surface area (Å²) < 4.78 is 0. The predicted molar refractivity (Wildman–Crippen MR) is 119 cm³/mol. The van der Waals surface area contributed by atoms with E-state index < -0.39 is 11.6 Å². The summed E-state index contributed by atoms with van der Waals surface area (Å²) >= 11 is 12.0. The Bertz CT molecular complexity index is 1150. The number of hydrogen-bond donors (Lipinski definition) is 1. The van der Waals surface area contributed by atoms with Gasteiger partial charge in [0.1, 0.15) is 5.54 Å². The highest BCUT2D eigenvalue weighted by Gasteiger charge is 2.49. The van der Waals surface area contributed by atoms with E-state index in [0.29, 0.717) is 16.6 Å². The Morgan fingerprint density at radius 3 is 2.43 bits per heavy atom. The van der Waals surface area contributed by atoms with Crippen molar-refractivity contribution >= 4 is 45.9 Å². The SMILES string of the molecule is CN(Cc1ccc(Cl)c(Cl)c1)CN1C(=O)NC(C)(c2ccc3ccccc3c2)C1=O. The van der Waals surface area contributed by atoms with Gasteiger partial charge in [-0.1, -0.05) is 65.7 Å². The number of halogens is 2. The molecule has 3 aromatic rings. The number of imide groups is 1. The van der Waals surface area contributed by atoms with Crippen LogP contribution in [0.1, 0.15) is 18.1 Å². The Morgan fingerprint density at radius 1 is 0.967 bits per heavy atom. The second-order valence-electron chi connectivity index (χ2n) is 7.75. The summed E-state index contributed by atoms with van der Waals surface area (Å²) in [5, 5.41) is 5.94. The lowest BCUT2D eigenvalue weighted by Gasteiger charge is -2.25. The maximum atomic E-state index is 13.2. The Morgan fingerprint density at radius 2 is 1.70 bits per heavy atom. The lowest BCUT2D eigenvalue weighted by Crippen LogP contribution is -2.42. The van der Waals surface area contributed by atoms with Crippen LogP contribution in [0.15, 0.2) is 60.7 Å². The average Bonchev–Trinajstić information content (AvgIpc) is 2.94. The van der Waals surface area contributed by atoms with Crippen LogP contribution in [-0.2, 0) is 16.9 Å². The fraction of sp³-hybridized carbons (Fsp3) is 0.217. The highest BCUT2D eigenvalue weighted by molar-refractivity contribution is 6.42. The zero-order valence-electron chi connectivity index (χ0n) is 16.7. The summed E-state index contributed by atoms with van der Waals surface area (Å²) in [7, 11) is 1.84. The fourth-order valence-electron chi connectivity index (χ4n) is 3.76. The van der Waals surface area contributed by atoms with Crippen molar-refractivity contribution in [2.45, 2.75) is 19.0 Å². The summed E-state index contributed by atoms with van der Waals surface area (Å²) in [4.78, 5) is 29.0. The molecule has 1 aliphatic rings. The molecular weight excluding hydrogens is 421 g/mol. The molecule has 0 saturated carbocycles. The Hall–Kier alpha value is -2.60. The largest absolute Gasteiger partial charge is 0.326 e. The normalized spacial score (nSPS) is 19.0. The number of rotatable bonds is 5. The van der Waals surface area contributed by atoms with E-state index in [9.17, 15) is 9.59 Å². The van der Waals surface area contributed by atoms with Gasteiger partial charge in [-0.15, -0.1) is 0 Å². The molecule has 0 radical (unpaired) electrons. The molecule has 0 bridgehead atoms. The molecule has 1 saturated heterocycles. The molecule has 1 atom stereocenters. The summed E-state index contributed by atoms with van der Waals surface area (Å²) in [6.45, 7) is 2.42. The minimum absolute atomic E-state index is 0.161. The van der Waals surface area contributed by atoms with Crippen molar-refractivity contribution in [3.8, 4) is 0 Å². The van der Waals surface area contributed by atoms with Gasteiger partial charge in [-0.3, -0.25) is 9.69 Å². The first-order chi connectivity index (χ1) is 14.3. The van der Waals surface area contributed by atoms with Crippen LogP contribution in [0.3, 0.4) is 0 Å². The van der Waals surface area contributed by atoms with E-state index in [2.05, 4.69) is 5.32 Å². The van der Waals surface area contributed by atoms with E-state index in [1.165, 1.54) is 4.90 Å². The summed E-state index contributed by atoms with van der Waals surface area (Å²) in [6, 6.07) is 18.7. The maximum Gasteiger partial charge on any atom is 0.326 e. The first-order valence-electron chi connectivity index (χ1n) is 9.54. The molecule has 1 heterocycles. The molecule has 1 aliphatic heterocycles. The van der Waals surface area contributed by atoms with Crippen molar-refractivity contribution in [1.29, 1.82) is 0 Å². The molecule has 30 heavy (non-hydrogen) atoms. The Balaban J connectivity index is 1.53. The molecular formula is C23H21Cl2N3O2. The fourth-order valence-corrected chi connectivity index (χ4v) is 4.08. The Labute approximate surface area is 185 Å².